The van der Waals surface area contributed by atoms with Crippen molar-refractivity contribution in [2.24, 2.45) is 0 Å². The Balaban J connectivity index is 1.84. The van der Waals surface area contributed by atoms with Gasteiger partial charge in [-0.1, -0.05) is 18.2 Å². The molecule has 0 amide bonds. The van der Waals surface area contributed by atoms with Gasteiger partial charge in [-0.05, 0) is 53.0 Å². The highest BCUT2D eigenvalue weighted by molar-refractivity contribution is 9.10. The first-order valence-corrected chi connectivity index (χ1v) is 7.46. The maximum absolute atomic E-state index is 14.0. The average molecular weight is 336 g/mol. The minimum atomic E-state index is -0.234. The van der Waals surface area contributed by atoms with Gasteiger partial charge in [0.25, 0.3) is 0 Å². The molecule has 1 fully saturated rings. The average Bonchev–Trinajstić information content (AvgIpc) is 3.25. The van der Waals surface area contributed by atoms with E-state index in [1.54, 1.807) is 12.1 Å². The molecule has 2 aromatic rings. The van der Waals surface area contributed by atoms with Gasteiger partial charge in [0.15, 0.2) is 0 Å². The Morgan fingerprint density at radius 1 is 1.10 bits per heavy atom. The van der Waals surface area contributed by atoms with Crippen molar-refractivity contribution in [1.82, 2.24) is 5.32 Å². The Labute approximate surface area is 126 Å². The first-order valence-electron chi connectivity index (χ1n) is 6.67. The van der Waals surface area contributed by atoms with Gasteiger partial charge in [0.05, 0.1) is 4.47 Å². The molecule has 0 bridgehead atoms. The second-order valence-electron chi connectivity index (χ2n) is 4.90. The summed E-state index contributed by atoms with van der Waals surface area (Å²) in [6.07, 6.45) is 2.35. The topological polar surface area (TPSA) is 21.3 Å². The lowest BCUT2D eigenvalue weighted by Crippen LogP contribution is -2.16. The summed E-state index contributed by atoms with van der Waals surface area (Å²) in [5, 5.41) is 3.32. The molecule has 0 aliphatic heterocycles. The summed E-state index contributed by atoms with van der Waals surface area (Å²) in [4.78, 5) is 0. The molecule has 20 heavy (non-hydrogen) atoms. The van der Waals surface area contributed by atoms with Crippen LogP contribution in [0.5, 0.6) is 11.5 Å². The Kier molecular flexibility index (Phi) is 4.03. The standard InChI is InChI=1S/C16H15BrFNO/c17-13-4-1-2-6-16(13)20-15-7-3-5-14(18)12(15)10-19-11-8-9-11/h1-7,11,19H,8-10H2. The van der Waals surface area contributed by atoms with Crippen molar-refractivity contribution in [3.05, 3.63) is 58.3 Å². The van der Waals surface area contributed by atoms with E-state index in [9.17, 15) is 4.39 Å². The largest absolute Gasteiger partial charge is 0.456 e. The van der Waals surface area contributed by atoms with Crippen molar-refractivity contribution in [1.29, 1.82) is 0 Å². The number of rotatable bonds is 5. The van der Waals surface area contributed by atoms with E-state index in [0.29, 0.717) is 29.6 Å². The van der Waals surface area contributed by atoms with Crippen LogP contribution in [0.15, 0.2) is 46.9 Å². The van der Waals surface area contributed by atoms with Crippen LogP contribution in [0.3, 0.4) is 0 Å². The summed E-state index contributed by atoms with van der Waals surface area (Å²) in [5.74, 6) is 1.01. The highest BCUT2D eigenvalue weighted by atomic mass is 79.9. The van der Waals surface area contributed by atoms with E-state index in [1.165, 1.54) is 18.9 Å². The summed E-state index contributed by atoms with van der Waals surface area (Å²) < 4.78 is 20.7. The van der Waals surface area contributed by atoms with Gasteiger partial charge in [0.2, 0.25) is 0 Å². The molecule has 2 aromatic carbocycles. The van der Waals surface area contributed by atoms with Crippen LogP contribution >= 0.6 is 15.9 Å². The number of nitrogens with one attached hydrogen (secondary N) is 1. The minimum absolute atomic E-state index is 0.234. The second-order valence-corrected chi connectivity index (χ2v) is 5.76. The summed E-state index contributed by atoms with van der Waals surface area (Å²) in [7, 11) is 0. The highest BCUT2D eigenvalue weighted by Gasteiger charge is 2.21. The zero-order chi connectivity index (χ0) is 13.9. The summed E-state index contributed by atoms with van der Waals surface area (Å²) in [6, 6.07) is 13.0. The van der Waals surface area contributed by atoms with E-state index in [0.717, 1.165) is 4.47 Å². The summed E-state index contributed by atoms with van der Waals surface area (Å²) in [5.41, 5.74) is 0.579. The quantitative estimate of drug-likeness (QED) is 0.859. The van der Waals surface area contributed by atoms with Gasteiger partial charge in [0.1, 0.15) is 17.3 Å². The molecule has 0 saturated heterocycles. The molecule has 0 unspecified atom stereocenters. The van der Waals surface area contributed by atoms with Crippen LogP contribution in [0.1, 0.15) is 18.4 Å². The lowest BCUT2D eigenvalue weighted by atomic mass is 10.2. The summed E-state index contributed by atoms with van der Waals surface area (Å²) >= 11 is 3.43. The lowest BCUT2D eigenvalue weighted by molar-refractivity contribution is 0.459. The number of hydrogen-bond donors (Lipinski definition) is 1. The van der Waals surface area contributed by atoms with Crippen molar-refractivity contribution in [3.8, 4) is 11.5 Å². The molecule has 1 aliphatic rings. The highest BCUT2D eigenvalue weighted by Crippen LogP contribution is 2.32. The van der Waals surface area contributed by atoms with Gasteiger partial charge in [-0.2, -0.15) is 0 Å². The van der Waals surface area contributed by atoms with Crippen LogP contribution in [0.25, 0.3) is 0 Å². The van der Waals surface area contributed by atoms with Gasteiger partial charge in [-0.25, -0.2) is 4.39 Å². The molecule has 1 saturated carbocycles. The van der Waals surface area contributed by atoms with E-state index in [-0.39, 0.29) is 5.82 Å². The molecular formula is C16H15BrFNO. The smallest absolute Gasteiger partial charge is 0.141 e. The van der Waals surface area contributed by atoms with Crippen LogP contribution in [-0.4, -0.2) is 6.04 Å². The fourth-order valence-corrected chi connectivity index (χ4v) is 2.35. The van der Waals surface area contributed by atoms with Gasteiger partial charge in [-0.3, -0.25) is 0 Å². The van der Waals surface area contributed by atoms with E-state index >= 15 is 0 Å². The van der Waals surface area contributed by atoms with E-state index in [4.69, 9.17) is 4.74 Å². The van der Waals surface area contributed by atoms with Gasteiger partial charge < -0.3 is 10.1 Å². The van der Waals surface area contributed by atoms with Crippen molar-refractivity contribution >= 4 is 15.9 Å². The molecule has 0 atom stereocenters. The molecular weight excluding hydrogens is 321 g/mol. The van der Waals surface area contributed by atoms with Crippen molar-refractivity contribution in [2.75, 3.05) is 0 Å². The molecule has 104 valence electrons. The molecule has 0 aromatic heterocycles. The molecule has 0 spiro atoms. The number of benzene rings is 2. The third-order valence-corrected chi connectivity index (χ3v) is 3.93. The number of ether oxygens (including phenoxy) is 1. The molecule has 4 heteroatoms. The second kappa shape index (κ2) is 5.94. The molecule has 0 heterocycles. The molecule has 0 radical (unpaired) electrons. The number of halogens is 2. The first kappa shape index (κ1) is 13.6. The van der Waals surface area contributed by atoms with Crippen molar-refractivity contribution < 1.29 is 9.13 Å². The molecule has 1 N–H and O–H groups in total. The van der Waals surface area contributed by atoms with Crippen LogP contribution in [-0.2, 0) is 6.54 Å². The maximum Gasteiger partial charge on any atom is 0.141 e. The Morgan fingerprint density at radius 2 is 1.85 bits per heavy atom. The van der Waals surface area contributed by atoms with Crippen molar-refractivity contribution in [2.45, 2.75) is 25.4 Å². The third-order valence-electron chi connectivity index (χ3n) is 3.28. The predicted molar refractivity (Wildman–Crippen MR) is 80.5 cm³/mol. The normalized spacial score (nSPS) is 14.3. The zero-order valence-corrected chi connectivity index (χ0v) is 12.5. The zero-order valence-electron chi connectivity index (χ0n) is 10.9. The van der Waals surface area contributed by atoms with Crippen LogP contribution in [0.2, 0.25) is 0 Å². The van der Waals surface area contributed by atoms with Gasteiger partial charge >= 0.3 is 0 Å². The van der Waals surface area contributed by atoms with Crippen molar-refractivity contribution in [3.63, 3.8) is 0 Å². The van der Waals surface area contributed by atoms with Gasteiger partial charge in [0, 0.05) is 18.2 Å². The molecule has 2 nitrogen and oxygen atoms in total. The third kappa shape index (κ3) is 3.19. The Hall–Kier alpha value is -1.39. The predicted octanol–water partition coefficient (Wildman–Crippen LogP) is 4.63. The van der Waals surface area contributed by atoms with E-state index < -0.39 is 0 Å². The summed E-state index contributed by atoms with van der Waals surface area (Å²) in [6.45, 7) is 0.497. The first-order chi connectivity index (χ1) is 9.74. The SMILES string of the molecule is Fc1cccc(Oc2ccccc2Br)c1CNC1CC1. The fourth-order valence-electron chi connectivity index (χ4n) is 1.99. The van der Waals surface area contributed by atoms with Crippen LogP contribution in [0, 0.1) is 5.82 Å². The maximum atomic E-state index is 14.0. The fraction of sp³-hybridized carbons (Fsp3) is 0.250. The number of hydrogen-bond acceptors (Lipinski definition) is 2. The number of para-hydroxylation sites is 1. The van der Waals surface area contributed by atoms with Crippen LogP contribution in [0.4, 0.5) is 4.39 Å². The Morgan fingerprint density at radius 3 is 2.60 bits per heavy atom. The van der Waals surface area contributed by atoms with Crippen LogP contribution < -0.4 is 10.1 Å². The van der Waals surface area contributed by atoms with E-state index in [2.05, 4.69) is 21.2 Å². The van der Waals surface area contributed by atoms with Gasteiger partial charge in [-0.15, -0.1) is 0 Å². The molecule has 1 aliphatic carbocycles. The minimum Gasteiger partial charge on any atom is -0.456 e. The molecule has 3 rings (SSSR count). The lowest BCUT2D eigenvalue weighted by Gasteiger charge is -2.13. The van der Waals surface area contributed by atoms with E-state index in [1.807, 2.05) is 24.3 Å². The Bertz CT molecular complexity index is 613. The monoisotopic (exact) mass is 335 g/mol.